The third kappa shape index (κ3) is 2.35. The molecule has 106 valence electrons. The second-order valence-electron chi connectivity index (χ2n) is 4.90. The maximum Gasteiger partial charge on any atom is 0.315 e. The minimum Gasteiger partial charge on any atom is -0.465 e. The summed E-state index contributed by atoms with van der Waals surface area (Å²) in [6.07, 6.45) is 4.74. The molecule has 0 spiro atoms. The molecule has 2 aromatic heterocycles. The Labute approximate surface area is 121 Å². The number of carbonyl (C=O) groups excluding carboxylic acids is 1. The van der Waals surface area contributed by atoms with Crippen molar-refractivity contribution in [3.8, 4) is 10.7 Å². The van der Waals surface area contributed by atoms with Gasteiger partial charge < -0.3 is 4.74 Å². The summed E-state index contributed by atoms with van der Waals surface area (Å²) in [5.41, 5.74) is 1.77. The van der Waals surface area contributed by atoms with Crippen LogP contribution in [0.1, 0.15) is 36.3 Å². The summed E-state index contributed by atoms with van der Waals surface area (Å²) in [5.74, 6) is -0.348. The molecule has 0 bridgehead atoms. The van der Waals surface area contributed by atoms with E-state index in [1.54, 1.807) is 16.0 Å². The van der Waals surface area contributed by atoms with Gasteiger partial charge in [0.05, 0.1) is 12.3 Å². The highest BCUT2D eigenvalue weighted by atomic mass is 32.1. The van der Waals surface area contributed by atoms with Crippen LogP contribution < -0.4 is 0 Å². The minimum atomic E-state index is -0.201. The van der Waals surface area contributed by atoms with Gasteiger partial charge in [-0.15, -0.1) is 11.3 Å². The molecular formula is C14H17N3O2S. The van der Waals surface area contributed by atoms with E-state index in [4.69, 9.17) is 4.74 Å². The number of nitrogens with zero attached hydrogens (tertiary/aromatic N) is 3. The minimum absolute atomic E-state index is 0.147. The van der Waals surface area contributed by atoms with Crippen molar-refractivity contribution < 1.29 is 9.53 Å². The Bertz CT molecular complexity index is 632. The van der Waals surface area contributed by atoms with E-state index >= 15 is 0 Å². The van der Waals surface area contributed by atoms with Crippen molar-refractivity contribution >= 4 is 17.3 Å². The van der Waals surface area contributed by atoms with Gasteiger partial charge in [-0.1, -0.05) is 0 Å². The number of esters is 1. The second-order valence-corrected chi connectivity index (χ2v) is 5.98. The van der Waals surface area contributed by atoms with Gasteiger partial charge >= 0.3 is 5.97 Å². The molecule has 0 saturated heterocycles. The third-order valence-electron chi connectivity index (χ3n) is 3.46. The largest absolute Gasteiger partial charge is 0.465 e. The van der Waals surface area contributed by atoms with Crippen molar-refractivity contribution in [3.63, 3.8) is 0 Å². The molecule has 0 saturated carbocycles. The fraction of sp³-hybridized carbons (Fsp3) is 0.500. The molecule has 0 aliphatic heterocycles. The standard InChI is InChI=1S/C14H17N3O2S/c1-3-19-14(18)9-5-4-6-11-12(9)15-13(20-11)10-7-8-17(2)16-10/h7-9H,3-6H2,1-2H3. The van der Waals surface area contributed by atoms with Gasteiger partial charge in [0.1, 0.15) is 16.6 Å². The van der Waals surface area contributed by atoms with Gasteiger partial charge in [-0.25, -0.2) is 4.98 Å². The molecule has 0 aromatic carbocycles. The predicted octanol–water partition coefficient (Wildman–Crippen LogP) is 2.53. The number of aryl methyl sites for hydroxylation is 2. The summed E-state index contributed by atoms with van der Waals surface area (Å²) in [6.45, 7) is 2.25. The fourth-order valence-electron chi connectivity index (χ4n) is 2.53. The van der Waals surface area contributed by atoms with E-state index in [1.165, 1.54) is 4.88 Å². The van der Waals surface area contributed by atoms with Crippen LogP contribution in [0, 0.1) is 0 Å². The number of rotatable bonds is 3. The molecule has 1 aliphatic carbocycles. The maximum absolute atomic E-state index is 12.0. The highest BCUT2D eigenvalue weighted by Crippen LogP contribution is 2.38. The van der Waals surface area contributed by atoms with Crippen molar-refractivity contribution in [1.82, 2.24) is 14.8 Å². The summed E-state index contributed by atoms with van der Waals surface area (Å²) in [7, 11) is 1.89. The molecule has 1 atom stereocenters. The first-order chi connectivity index (χ1) is 9.69. The van der Waals surface area contributed by atoms with Gasteiger partial charge in [-0.3, -0.25) is 9.48 Å². The lowest BCUT2D eigenvalue weighted by Crippen LogP contribution is -2.20. The van der Waals surface area contributed by atoms with Crippen LogP contribution in [0.3, 0.4) is 0 Å². The van der Waals surface area contributed by atoms with Crippen molar-refractivity contribution in [2.75, 3.05) is 6.61 Å². The molecule has 0 radical (unpaired) electrons. The first kappa shape index (κ1) is 13.3. The zero-order valence-electron chi connectivity index (χ0n) is 11.6. The first-order valence-electron chi connectivity index (χ1n) is 6.85. The number of carbonyl (C=O) groups is 1. The van der Waals surface area contributed by atoms with Gasteiger partial charge in [-0.2, -0.15) is 5.10 Å². The Hall–Kier alpha value is -1.69. The summed E-state index contributed by atoms with van der Waals surface area (Å²) in [6, 6.07) is 1.95. The zero-order valence-corrected chi connectivity index (χ0v) is 12.4. The molecule has 20 heavy (non-hydrogen) atoms. The van der Waals surface area contributed by atoms with Crippen molar-refractivity contribution in [2.45, 2.75) is 32.1 Å². The number of hydrogen-bond acceptors (Lipinski definition) is 5. The molecule has 1 unspecified atom stereocenters. The summed E-state index contributed by atoms with van der Waals surface area (Å²) in [4.78, 5) is 17.9. The van der Waals surface area contributed by atoms with Gasteiger partial charge in [0.25, 0.3) is 0 Å². The van der Waals surface area contributed by atoms with E-state index in [0.717, 1.165) is 35.7 Å². The van der Waals surface area contributed by atoms with Crippen LogP contribution in [0.15, 0.2) is 12.3 Å². The SMILES string of the molecule is CCOC(=O)C1CCCc2sc(-c3ccn(C)n3)nc21. The van der Waals surface area contributed by atoms with Crippen LogP contribution in [-0.4, -0.2) is 27.3 Å². The Kier molecular flexibility index (Phi) is 3.56. The fourth-order valence-corrected chi connectivity index (χ4v) is 3.66. The highest BCUT2D eigenvalue weighted by molar-refractivity contribution is 7.15. The Morgan fingerprint density at radius 2 is 2.45 bits per heavy atom. The number of thiazole rings is 1. The van der Waals surface area contributed by atoms with E-state index in [1.807, 2.05) is 26.2 Å². The molecule has 2 aromatic rings. The van der Waals surface area contributed by atoms with Gasteiger partial charge in [0, 0.05) is 18.1 Å². The monoisotopic (exact) mass is 291 g/mol. The molecular weight excluding hydrogens is 274 g/mol. The van der Waals surface area contributed by atoms with Crippen LogP contribution in [0.4, 0.5) is 0 Å². The zero-order chi connectivity index (χ0) is 14.1. The smallest absolute Gasteiger partial charge is 0.315 e. The molecule has 0 N–H and O–H groups in total. The molecule has 3 rings (SSSR count). The molecule has 2 heterocycles. The summed E-state index contributed by atoms with van der Waals surface area (Å²) in [5, 5.41) is 5.27. The number of fused-ring (bicyclic) bond motifs is 1. The highest BCUT2D eigenvalue weighted by Gasteiger charge is 2.31. The molecule has 6 heteroatoms. The maximum atomic E-state index is 12.0. The average Bonchev–Trinajstić information content (AvgIpc) is 3.03. The van der Waals surface area contributed by atoms with Crippen molar-refractivity contribution in [1.29, 1.82) is 0 Å². The Balaban J connectivity index is 1.94. The van der Waals surface area contributed by atoms with E-state index in [2.05, 4.69) is 10.1 Å². The van der Waals surface area contributed by atoms with E-state index in [9.17, 15) is 4.79 Å². The lowest BCUT2D eigenvalue weighted by atomic mass is 9.91. The Morgan fingerprint density at radius 1 is 1.60 bits per heavy atom. The topological polar surface area (TPSA) is 57.0 Å². The van der Waals surface area contributed by atoms with Crippen LogP contribution in [0.5, 0.6) is 0 Å². The normalized spacial score (nSPS) is 17.8. The summed E-state index contributed by atoms with van der Waals surface area (Å²) < 4.78 is 6.93. The third-order valence-corrected chi connectivity index (χ3v) is 4.61. The van der Waals surface area contributed by atoms with E-state index in [-0.39, 0.29) is 11.9 Å². The molecule has 0 fully saturated rings. The van der Waals surface area contributed by atoms with Crippen LogP contribution >= 0.6 is 11.3 Å². The predicted molar refractivity (Wildman–Crippen MR) is 76.6 cm³/mol. The van der Waals surface area contributed by atoms with Gasteiger partial charge in [0.2, 0.25) is 0 Å². The second kappa shape index (κ2) is 5.36. The van der Waals surface area contributed by atoms with Gasteiger partial charge in [0.15, 0.2) is 0 Å². The average molecular weight is 291 g/mol. The van der Waals surface area contributed by atoms with Crippen LogP contribution in [-0.2, 0) is 23.0 Å². The quantitative estimate of drug-likeness (QED) is 0.815. The summed E-state index contributed by atoms with van der Waals surface area (Å²) >= 11 is 1.65. The van der Waals surface area contributed by atoms with Gasteiger partial charge in [-0.05, 0) is 32.3 Å². The molecule has 1 aliphatic rings. The van der Waals surface area contributed by atoms with Crippen molar-refractivity contribution in [2.24, 2.45) is 7.05 Å². The lowest BCUT2D eigenvalue weighted by Gasteiger charge is -2.19. The molecule has 5 nitrogen and oxygen atoms in total. The van der Waals surface area contributed by atoms with Crippen LogP contribution in [0.2, 0.25) is 0 Å². The Morgan fingerprint density at radius 3 is 3.15 bits per heavy atom. The van der Waals surface area contributed by atoms with Crippen LogP contribution in [0.25, 0.3) is 10.7 Å². The first-order valence-corrected chi connectivity index (χ1v) is 7.67. The number of aromatic nitrogens is 3. The lowest BCUT2D eigenvalue weighted by molar-refractivity contribution is -0.145. The van der Waals surface area contributed by atoms with E-state index in [0.29, 0.717) is 6.61 Å². The number of ether oxygens (including phenoxy) is 1. The van der Waals surface area contributed by atoms with Crippen molar-refractivity contribution in [3.05, 3.63) is 22.8 Å². The number of hydrogen-bond donors (Lipinski definition) is 0. The van der Waals surface area contributed by atoms with E-state index < -0.39 is 0 Å². The molecule has 0 amide bonds.